The molecule has 1 fully saturated rings. The molecule has 0 saturated carbocycles. The number of nitrogens with one attached hydrogen (secondary N) is 1. The van der Waals surface area contributed by atoms with Gasteiger partial charge in [0.1, 0.15) is 5.75 Å². The number of rotatable bonds is 2. The highest BCUT2D eigenvalue weighted by Crippen LogP contribution is 2.17. The quantitative estimate of drug-likeness (QED) is 0.794. The fourth-order valence-corrected chi connectivity index (χ4v) is 2.14. The van der Waals surface area contributed by atoms with E-state index in [1.54, 1.807) is 18.2 Å². The van der Waals surface area contributed by atoms with Crippen LogP contribution in [0.15, 0.2) is 24.3 Å². The molecule has 1 aromatic rings. The number of hydrogen-bond donors (Lipinski definition) is 2. The Bertz CT molecular complexity index is 406. The van der Waals surface area contributed by atoms with Gasteiger partial charge in [0.2, 0.25) is 5.91 Å². The van der Waals surface area contributed by atoms with E-state index in [0.29, 0.717) is 5.56 Å². The lowest BCUT2D eigenvalue weighted by molar-refractivity contribution is -0.133. The third-order valence-electron chi connectivity index (χ3n) is 3.15. The molecule has 1 aliphatic rings. The van der Waals surface area contributed by atoms with Crippen LogP contribution in [0.1, 0.15) is 12.5 Å². The minimum Gasteiger partial charge on any atom is -0.508 e. The van der Waals surface area contributed by atoms with Crippen LogP contribution in [0, 0.1) is 0 Å². The number of benzene rings is 1. The maximum atomic E-state index is 12.1. The Morgan fingerprint density at radius 2 is 2.29 bits per heavy atom. The van der Waals surface area contributed by atoms with Gasteiger partial charge in [-0.25, -0.2) is 0 Å². The molecule has 1 saturated heterocycles. The first-order valence-corrected chi connectivity index (χ1v) is 5.95. The summed E-state index contributed by atoms with van der Waals surface area (Å²) in [6.45, 7) is 4.46. The molecule has 0 spiro atoms. The maximum absolute atomic E-state index is 12.1. The van der Waals surface area contributed by atoms with Gasteiger partial charge in [-0.3, -0.25) is 4.79 Å². The number of carbonyl (C=O) groups is 1. The number of aromatic hydroxyl groups is 1. The molecule has 0 unspecified atom stereocenters. The molecule has 0 radical (unpaired) electrons. The smallest absolute Gasteiger partial charge is 0.227 e. The van der Waals surface area contributed by atoms with Crippen molar-refractivity contribution in [1.29, 1.82) is 0 Å². The van der Waals surface area contributed by atoms with E-state index in [0.717, 1.165) is 19.6 Å². The van der Waals surface area contributed by atoms with E-state index in [-0.39, 0.29) is 24.1 Å². The number of piperazine rings is 1. The first kappa shape index (κ1) is 11.9. The van der Waals surface area contributed by atoms with Crippen molar-refractivity contribution in [2.24, 2.45) is 0 Å². The third kappa shape index (κ3) is 2.77. The zero-order chi connectivity index (χ0) is 12.3. The van der Waals surface area contributed by atoms with Gasteiger partial charge >= 0.3 is 0 Å². The van der Waals surface area contributed by atoms with Crippen LogP contribution in [0.3, 0.4) is 0 Å². The molecule has 1 aliphatic heterocycles. The van der Waals surface area contributed by atoms with Crippen LogP contribution in [-0.2, 0) is 11.2 Å². The molecule has 2 rings (SSSR count). The van der Waals surface area contributed by atoms with Crippen molar-refractivity contribution in [3.05, 3.63) is 29.8 Å². The van der Waals surface area contributed by atoms with Gasteiger partial charge in [0.15, 0.2) is 0 Å². The Morgan fingerprint density at radius 1 is 1.53 bits per heavy atom. The number of amides is 1. The molecular weight excluding hydrogens is 216 g/mol. The summed E-state index contributed by atoms with van der Waals surface area (Å²) in [5.74, 6) is 0.282. The fraction of sp³-hybridized carbons (Fsp3) is 0.462. The normalized spacial score (nSPS) is 20.3. The number of para-hydroxylation sites is 1. The van der Waals surface area contributed by atoms with Crippen LogP contribution < -0.4 is 5.32 Å². The van der Waals surface area contributed by atoms with E-state index in [1.165, 1.54) is 0 Å². The number of phenolic OH excluding ortho intramolecular Hbond substituents is 1. The predicted molar refractivity (Wildman–Crippen MR) is 65.9 cm³/mol. The molecule has 0 bridgehead atoms. The second kappa shape index (κ2) is 5.19. The van der Waals surface area contributed by atoms with Crippen molar-refractivity contribution < 1.29 is 9.90 Å². The Balaban J connectivity index is 2.03. The standard InChI is InChI=1S/C13H18N2O2/c1-10-9-14-6-7-15(10)13(17)8-11-4-2-3-5-12(11)16/h2-5,10,14,16H,6-9H2,1H3/t10-/m0/s1. The summed E-state index contributed by atoms with van der Waals surface area (Å²) in [5.41, 5.74) is 0.697. The lowest BCUT2D eigenvalue weighted by atomic mass is 10.1. The summed E-state index contributed by atoms with van der Waals surface area (Å²) in [4.78, 5) is 14.0. The Kier molecular flexibility index (Phi) is 3.64. The van der Waals surface area contributed by atoms with Crippen molar-refractivity contribution in [2.75, 3.05) is 19.6 Å². The Hall–Kier alpha value is -1.55. The molecule has 4 heteroatoms. The van der Waals surface area contributed by atoms with E-state index in [9.17, 15) is 9.90 Å². The molecule has 1 atom stereocenters. The SMILES string of the molecule is C[C@H]1CNCCN1C(=O)Cc1ccccc1O. The van der Waals surface area contributed by atoms with Crippen molar-refractivity contribution in [3.8, 4) is 5.75 Å². The molecule has 1 amide bonds. The van der Waals surface area contributed by atoms with E-state index in [4.69, 9.17) is 0 Å². The van der Waals surface area contributed by atoms with Crippen molar-refractivity contribution in [1.82, 2.24) is 10.2 Å². The summed E-state index contributed by atoms with van der Waals surface area (Å²) < 4.78 is 0. The van der Waals surface area contributed by atoms with Gasteiger partial charge in [0.05, 0.1) is 6.42 Å². The van der Waals surface area contributed by atoms with Crippen LogP contribution >= 0.6 is 0 Å². The molecule has 92 valence electrons. The Labute approximate surface area is 101 Å². The minimum atomic E-state index is 0.0838. The molecule has 0 aliphatic carbocycles. The fourth-order valence-electron chi connectivity index (χ4n) is 2.14. The second-order valence-electron chi connectivity index (χ2n) is 4.45. The first-order chi connectivity index (χ1) is 8.18. The largest absolute Gasteiger partial charge is 0.508 e. The lowest BCUT2D eigenvalue weighted by Gasteiger charge is -2.34. The maximum Gasteiger partial charge on any atom is 0.227 e. The van der Waals surface area contributed by atoms with Crippen LogP contribution in [0.2, 0.25) is 0 Å². The minimum absolute atomic E-state index is 0.0838. The summed E-state index contributed by atoms with van der Waals surface area (Å²) in [6, 6.07) is 7.23. The molecule has 0 aromatic heterocycles. The summed E-state index contributed by atoms with van der Waals surface area (Å²) in [5, 5.41) is 12.9. The van der Waals surface area contributed by atoms with Crippen LogP contribution in [0.25, 0.3) is 0 Å². The van der Waals surface area contributed by atoms with Gasteiger partial charge in [-0.15, -0.1) is 0 Å². The lowest BCUT2D eigenvalue weighted by Crippen LogP contribution is -2.52. The predicted octanol–water partition coefficient (Wildman–Crippen LogP) is 0.755. The molecule has 1 heterocycles. The summed E-state index contributed by atoms with van der Waals surface area (Å²) in [6.07, 6.45) is 0.275. The first-order valence-electron chi connectivity index (χ1n) is 5.95. The second-order valence-corrected chi connectivity index (χ2v) is 4.45. The molecule has 4 nitrogen and oxygen atoms in total. The Morgan fingerprint density at radius 3 is 3.00 bits per heavy atom. The van der Waals surface area contributed by atoms with Gasteiger partial charge in [0, 0.05) is 31.2 Å². The average Bonchev–Trinajstić information content (AvgIpc) is 2.32. The third-order valence-corrected chi connectivity index (χ3v) is 3.15. The van der Waals surface area contributed by atoms with Gasteiger partial charge in [-0.05, 0) is 13.0 Å². The molecule has 1 aromatic carbocycles. The zero-order valence-electron chi connectivity index (χ0n) is 10.0. The number of phenols is 1. The highest BCUT2D eigenvalue weighted by molar-refractivity contribution is 5.79. The number of carbonyl (C=O) groups excluding carboxylic acids is 1. The highest BCUT2D eigenvalue weighted by Gasteiger charge is 2.23. The molecule has 2 N–H and O–H groups in total. The zero-order valence-corrected chi connectivity index (χ0v) is 10.0. The number of hydrogen-bond acceptors (Lipinski definition) is 3. The van der Waals surface area contributed by atoms with E-state index >= 15 is 0 Å². The monoisotopic (exact) mass is 234 g/mol. The highest BCUT2D eigenvalue weighted by atomic mass is 16.3. The van der Waals surface area contributed by atoms with E-state index in [2.05, 4.69) is 5.32 Å². The molecular formula is C13H18N2O2. The summed E-state index contributed by atoms with van der Waals surface area (Å²) >= 11 is 0. The average molecular weight is 234 g/mol. The number of nitrogens with zero attached hydrogens (tertiary/aromatic N) is 1. The van der Waals surface area contributed by atoms with Gasteiger partial charge < -0.3 is 15.3 Å². The van der Waals surface area contributed by atoms with Gasteiger partial charge in [0.25, 0.3) is 0 Å². The summed E-state index contributed by atoms with van der Waals surface area (Å²) in [7, 11) is 0. The van der Waals surface area contributed by atoms with Gasteiger partial charge in [-0.2, -0.15) is 0 Å². The topological polar surface area (TPSA) is 52.6 Å². The molecule has 17 heavy (non-hydrogen) atoms. The van der Waals surface area contributed by atoms with Crippen molar-refractivity contribution >= 4 is 5.91 Å². The van der Waals surface area contributed by atoms with Gasteiger partial charge in [-0.1, -0.05) is 18.2 Å². The van der Waals surface area contributed by atoms with Crippen molar-refractivity contribution in [3.63, 3.8) is 0 Å². The van der Waals surface area contributed by atoms with Crippen molar-refractivity contribution in [2.45, 2.75) is 19.4 Å². The van der Waals surface area contributed by atoms with E-state index < -0.39 is 0 Å². The van der Waals surface area contributed by atoms with Crippen LogP contribution in [-0.4, -0.2) is 41.6 Å². The van der Waals surface area contributed by atoms with E-state index in [1.807, 2.05) is 17.9 Å². The van der Waals surface area contributed by atoms with Crippen LogP contribution in [0.4, 0.5) is 0 Å². The van der Waals surface area contributed by atoms with Crippen LogP contribution in [0.5, 0.6) is 5.75 Å².